The van der Waals surface area contributed by atoms with Crippen LogP contribution in [-0.4, -0.2) is 16.2 Å². The molecule has 2 rings (SSSR count). The van der Waals surface area contributed by atoms with Crippen molar-refractivity contribution >= 4 is 28.9 Å². The Morgan fingerprint density at radius 1 is 1.32 bits per heavy atom. The second-order valence-electron chi connectivity index (χ2n) is 4.73. The standard InChI is InChI=1S/C14H13ClO3S/c1-14(2,18)12-10(13(16)17)7-11(19-12)8-4-3-5-9(15)6-8/h3-7,18H,1-2H3,(H,16,17). The van der Waals surface area contributed by atoms with E-state index >= 15 is 0 Å². The summed E-state index contributed by atoms with van der Waals surface area (Å²) in [5.41, 5.74) is -0.210. The molecule has 2 aromatic rings. The molecule has 0 unspecified atom stereocenters. The molecule has 0 saturated heterocycles. The van der Waals surface area contributed by atoms with E-state index in [1.54, 1.807) is 32.0 Å². The molecule has 19 heavy (non-hydrogen) atoms. The Hall–Kier alpha value is -1.36. The number of hydrogen-bond donors (Lipinski definition) is 2. The molecule has 1 aromatic carbocycles. The molecule has 1 heterocycles. The summed E-state index contributed by atoms with van der Waals surface area (Å²) in [6, 6.07) is 8.77. The van der Waals surface area contributed by atoms with E-state index in [1.165, 1.54) is 11.3 Å². The number of halogens is 1. The van der Waals surface area contributed by atoms with Gasteiger partial charge in [-0.25, -0.2) is 4.79 Å². The van der Waals surface area contributed by atoms with Crippen molar-refractivity contribution in [2.75, 3.05) is 0 Å². The molecule has 0 aliphatic heterocycles. The van der Waals surface area contributed by atoms with Crippen LogP contribution in [0.3, 0.4) is 0 Å². The molecule has 0 spiro atoms. The molecule has 100 valence electrons. The van der Waals surface area contributed by atoms with Crippen molar-refractivity contribution in [1.82, 2.24) is 0 Å². The van der Waals surface area contributed by atoms with Gasteiger partial charge in [0.1, 0.15) is 0 Å². The lowest BCUT2D eigenvalue weighted by atomic mass is 10.0. The number of carboxylic acids is 1. The number of carboxylic acid groups (broad SMARTS) is 1. The lowest BCUT2D eigenvalue weighted by molar-refractivity contribution is 0.0645. The Kier molecular flexibility index (Phi) is 3.67. The maximum absolute atomic E-state index is 11.2. The minimum absolute atomic E-state index is 0.132. The fraction of sp³-hybridized carbons (Fsp3) is 0.214. The second-order valence-corrected chi connectivity index (χ2v) is 6.22. The van der Waals surface area contributed by atoms with Crippen LogP contribution in [0.4, 0.5) is 0 Å². The molecule has 0 aliphatic rings. The van der Waals surface area contributed by atoms with Gasteiger partial charge in [-0.3, -0.25) is 0 Å². The average Bonchev–Trinajstić information content (AvgIpc) is 2.73. The summed E-state index contributed by atoms with van der Waals surface area (Å²) in [6.45, 7) is 3.15. The van der Waals surface area contributed by atoms with Gasteiger partial charge in [0.15, 0.2) is 0 Å². The van der Waals surface area contributed by atoms with Gasteiger partial charge in [-0.05, 0) is 37.6 Å². The van der Waals surface area contributed by atoms with E-state index < -0.39 is 11.6 Å². The molecule has 0 atom stereocenters. The van der Waals surface area contributed by atoms with Gasteiger partial charge in [-0.1, -0.05) is 23.7 Å². The summed E-state index contributed by atoms with van der Waals surface area (Å²) in [6.07, 6.45) is 0. The monoisotopic (exact) mass is 296 g/mol. The fourth-order valence-electron chi connectivity index (χ4n) is 1.79. The van der Waals surface area contributed by atoms with Crippen molar-refractivity contribution in [2.24, 2.45) is 0 Å². The summed E-state index contributed by atoms with van der Waals surface area (Å²) < 4.78 is 0. The number of benzene rings is 1. The average molecular weight is 297 g/mol. The van der Waals surface area contributed by atoms with Gasteiger partial charge in [-0.2, -0.15) is 0 Å². The zero-order chi connectivity index (χ0) is 14.2. The first-order chi connectivity index (χ1) is 8.79. The Morgan fingerprint density at radius 3 is 2.47 bits per heavy atom. The molecule has 0 fully saturated rings. The van der Waals surface area contributed by atoms with E-state index in [-0.39, 0.29) is 5.56 Å². The molecule has 0 radical (unpaired) electrons. The SMILES string of the molecule is CC(C)(O)c1sc(-c2cccc(Cl)c2)cc1C(=O)O. The number of aromatic carboxylic acids is 1. The van der Waals surface area contributed by atoms with Crippen molar-refractivity contribution in [3.63, 3.8) is 0 Å². The van der Waals surface area contributed by atoms with Gasteiger partial charge in [0, 0.05) is 9.90 Å². The lowest BCUT2D eigenvalue weighted by Crippen LogP contribution is -2.17. The second kappa shape index (κ2) is 4.96. The summed E-state index contributed by atoms with van der Waals surface area (Å²) in [4.78, 5) is 12.5. The molecule has 2 N–H and O–H groups in total. The highest BCUT2D eigenvalue weighted by Crippen LogP contribution is 2.38. The molecule has 3 nitrogen and oxygen atoms in total. The topological polar surface area (TPSA) is 57.5 Å². The zero-order valence-electron chi connectivity index (χ0n) is 10.5. The van der Waals surface area contributed by atoms with E-state index in [0.29, 0.717) is 9.90 Å². The van der Waals surface area contributed by atoms with E-state index in [2.05, 4.69) is 0 Å². The summed E-state index contributed by atoms with van der Waals surface area (Å²) >= 11 is 7.20. The maximum Gasteiger partial charge on any atom is 0.336 e. The molecule has 0 saturated carbocycles. The first-order valence-electron chi connectivity index (χ1n) is 5.65. The summed E-state index contributed by atoms with van der Waals surface area (Å²) in [7, 11) is 0. The van der Waals surface area contributed by atoms with Gasteiger partial charge in [0.05, 0.1) is 16.0 Å². The van der Waals surface area contributed by atoms with Gasteiger partial charge in [-0.15, -0.1) is 11.3 Å². The quantitative estimate of drug-likeness (QED) is 0.900. The summed E-state index contributed by atoms with van der Waals surface area (Å²) in [5.74, 6) is -1.04. The normalized spacial score (nSPS) is 11.6. The molecule has 0 aliphatic carbocycles. The van der Waals surface area contributed by atoms with Gasteiger partial charge < -0.3 is 10.2 Å². The van der Waals surface area contributed by atoms with Crippen LogP contribution in [-0.2, 0) is 5.60 Å². The number of hydrogen-bond acceptors (Lipinski definition) is 3. The molecule has 0 amide bonds. The van der Waals surface area contributed by atoms with Gasteiger partial charge >= 0.3 is 5.97 Å². The smallest absolute Gasteiger partial charge is 0.336 e. The highest BCUT2D eigenvalue weighted by Gasteiger charge is 2.27. The van der Waals surface area contributed by atoms with Crippen molar-refractivity contribution in [3.8, 4) is 10.4 Å². The molecule has 1 aromatic heterocycles. The molecule has 5 heteroatoms. The Labute approximate surface area is 120 Å². The first-order valence-corrected chi connectivity index (χ1v) is 6.84. The Morgan fingerprint density at radius 2 is 2.00 bits per heavy atom. The largest absolute Gasteiger partial charge is 0.478 e. The number of carbonyl (C=O) groups is 1. The van der Waals surface area contributed by atoms with Gasteiger partial charge in [0.2, 0.25) is 0 Å². The van der Waals surface area contributed by atoms with E-state index in [0.717, 1.165) is 10.4 Å². The Balaban J connectivity index is 2.58. The van der Waals surface area contributed by atoms with Crippen LogP contribution < -0.4 is 0 Å². The predicted octanol–water partition coefficient (Wildman–Crippen LogP) is 3.99. The summed E-state index contributed by atoms with van der Waals surface area (Å²) in [5, 5.41) is 19.9. The van der Waals surface area contributed by atoms with Crippen LogP contribution >= 0.6 is 22.9 Å². The van der Waals surface area contributed by atoms with Crippen LogP contribution in [0, 0.1) is 0 Å². The third-order valence-electron chi connectivity index (χ3n) is 2.63. The minimum Gasteiger partial charge on any atom is -0.478 e. The van der Waals surface area contributed by atoms with Crippen LogP contribution in [0.25, 0.3) is 10.4 Å². The predicted molar refractivity (Wildman–Crippen MR) is 77.0 cm³/mol. The first kappa shape index (κ1) is 14.1. The van der Waals surface area contributed by atoms with Crippen LogP contribution in [0.1, 0.15) is 29.1 Å². The van der Waals surface area contributed by atoms with Crippen molar-refractivity contribution in [1.29, 1.82) is 0 Å². The minimum atomic E-state index is -1.19. The van der Waals surface area contributed by atoms with E-state index in [4.69, 9.17) is 11.6 Å². The number of aliphatic hydroxyl groups is 1. The maximum atomic E-state index is 11.2. The van der Waals surface area contributed by atoms with Gasteiger partial charge in [0.25, 0.3) is 0 Å². The van der Waals surface area contributed by atoms with E-state index in [9.17, 15) is 15.0 Å². The Bertz CT molecular complexity index is 626. The lowest BCUT2D eigenvalue weighted by Gasteiger charge is -2.16. The van der Waals surface area contributed by atoms with Crippen LogP contribution in [0.15, 0.2) is 30.3 Å². The number of rotatable bonds is 3. The molecular weight excluding hydrogens is 284 g/mol. The highest BCUT2D eigenvalue weighted by molar-refractivity contribution is 7.16. The number of thiophene rings is 1. The van der Waals surface area contributed by atoms with E-state index in [1.807, 2.05) is 12.1 Å². The van der Waals surface area contributed by atoms with Crippen LogP contribution in [0.2, 0.25) is 5.02 Å². The zero-order valence-corrected chi connectivity index (χ0v) is 12.0. The van der Waals surface area contributed by atoms with Crippen molar-refractivity contribution in [3.05, 3.63) is 45.8 Å². The highest BCUT2D eigenvalue weighted by atomic mass is 35.5. The van der Waals surface area contributed by atoms with Crippen molar-refractivity contribution in [2.45, 2.75) is 19.4 Å². The fourth-order valence-corrected chi connectivity index (χ4v) is 3.13. The molecular formula is C14H13ClO3S. The van der Waals surface area contributed by atoms with Crippen molar-refractivity contribution < 1.29 is 15.0 Å². The third kappa shape index (κ3) is 2.97. The molecule has 0 bridgehead atoms. The third-order valence-corrected chi connectivity index (χ3v) is 4.36. The van der Waals surface area contributed by atoms with Crippen LogP contribution in [0.5, 0.6) is 0 Å².